The molecular formula is C20H20N2OS. The van der Waals surface area contributed by atoms with E-state index in [0.717, 1.165) is 17.8 Å². The van der Waals surface area contributed by atoms with Crippen molar-refractivity contribution in [1.29, 1.82) is 0 Å². The first-order chi connectivity index (χ1) is 11.6. The molecule has 3 aromatic rings. The van der Waals surface area contributed by atoms with E-state index in [1.165, 1.54) is 11.1 Å². The predicted octanol–water partition coefficient (Wildman–Crippen LogP) is 4.80. The SMILES string of the molecule is C=CCn1c(C)c(O)n(-c2ccc(Cc3ccccc3)cc2)c1=S. The fourth-order valence-electron chi connectivity index (χ4n) is 2.81. The normalized spacial score (nSPS) is 10.7. The zero-order valence-electron chi connectivity index (χ0n) is 13.6. The van der Waals surface area contributed by atoms with Gasteiger partial charge in [-0.2, -0.15) is 0 Å². The van der Waals surface area contributed by atoms with Gasteiger partial charge in [0.1, 0.15) is 0 Å². The highest BCUT2D eigenvalue weighted by atomic mass is 32.1. The molecule has 2 aromatic carbocycles. The van der Waals surface area contributed by atoms with Gasteiger partial charge in [-0.3, -0.25) is 4.57 Å². The number of nitrogens with zero attached hydrogens (tertiary/aromatic N) is 2. The summed E-state index contributed by atoms with van der Waals surface area (Å²) in [4.78, 5) is 0. The molecule has 4 heteroatoms. The van der Waals surface area contributed by atoms with Crippen LogP contribution in [-0.2, 0) is 13.0 Å². The fourth-order valence-corrected chi connectivity index (χ4v) is 3.21. The monoisotopic (exact) mass is 336 g/mol. The predicted molar refractivity (Wildman–Crippen MR) is 100 cm³/mol. The van der Waals surface area contributed by atoms with Crippen LogP contribution in [0.4, 0.5) is 0 Å². The van der Waals surface area contributed by atoms with Gasteiger partial charge in [-0.05, 0) is 48.8 Å². The minimum absolute atomic E-state index is 0.178. The summed E-state index contributed by atoms with van der Waals surface area (Å²) in [6.07, 6.45) is 2.66. The Morgan fingerprint density at radius 2 is 1.67 bits per heavy atom. The number of aromatic hydroxyl groups is 1. The van der Waals surface area contributed by atoms with Gasteiger partial charge in [0, 0.05) is 6.54 Å². The minimum Gasteiger partial charge on any atom is -0.493 e. The number of hydrogen-bond donors (Lipinski definition) is 1. The maximum Gasteiger partial charge on any atom is 0.217 e. The van der Waals surface area contributed by atoms with Crippen molar-refractivity contribution in [2.24, 2.45) is 0 Å². The van der Waals surface area contributed by atoms with Crippen LogP contribution in [-0.4, -0.2) is 14.2 Å². The van der Waals surface area contributed by atoms with Crippen molar-refractivity contribution < 1.29 is 5.11 Å². The van der Waals surface area contributed by atoms with Gasteiger partial charge in [-0.15, -0.1) is 6.58 Å². The van der Waals surface area contributed by atoms with Crippen LogP contribution in [0.3, 0.4) is 0 Å². The van der Waals surface area contributed by atoms with E-state index in [1.54, 1.807) is 10.6 Å². The van der Waals surface area contributed by atoms with E-state index in [4.69, 9.17) is 12.2 Å². The van der Waals surface area contributed by atoms with Crippen LogP contribution >= 0.6 is 12.2 Å². The molecule has 0 spiro atoms. The van der Waals surface area contributed by atoms with Crippen LogP contribution < -0.4 is 0 Å². The van der Waals surface area contributed by atoms with Crippen molar-refractivity contribution in [2.45, 2.75) is 19.9 Å². The first-order valence-corrected chi connectivity index (χ1v) is 8.28. The van der Waals surface area contributed by atoms with Crippen molar-refractivity contribution in [3.63, 3.8) is 0 Å². The number of aromatic nitrogens is 2. The second-order valence-electron chi connectivity index (χ2n) is 5.76. The molecule has 0 atom stereocenters. The summed E-state index contributed by atoms with van der Waals surface area (Å²) in [6, 6.07) is 18.5. The topological polar surface area (TPSA) is 30.1 Å². The quantitative estimate of drug-likeness (QED) is 0.536. The van der Waals surface area contributed by atoms with Crippen LogP contribution in [0.25, 0.3) is 5.69 Å². The third-order valence-corrected chi connectivity index (χ3v) is 4.52. The molecule has 1 heterocycles. The van der Waals surface area contributed by atoms with Crippen LogP contribution in [0.15, 0.2) is 67.3 Å². The smallest absolute Gasteiger partial charge is 0.217 e. The Bertz CT molecular complexity index is 905. The van der Waals surface area contributed by atoms with Gasteiger partial charge in [-0.25, -0.2) is 0 Å². The lowest BCUT2D eigenvalue weighted by molar-refractivity contribution is 0.437. The molecule has 0 radical (unpaired) electrons. The molecule has 122 valence electrons. The highest BCUT2D eigenvalue weighted by Gasteiger charge is 2.14. The van der Waals surface area contributed by atoms with Crippen molar-refractivity contribution in [3.05, 3.63) is 88.8 Å². The molecule has 3 nitrogen and oxygen atoms in total. The van der Waals surface area contributed by atoms with Gasteiger partial charge >= 0.3 is 0 Å². The third-order valence-electron chi connectivity index (χ3n) is 4.12. The third kappa shape index (κ3) is 3.05. The van der Waals surface area contributed by atoms with E-state index in [-0.39, 0.29) is 5.88 Å². The number of hydrogen-bond acceptors (Lipinski definition) is 2. The summed E-state index contributed by atoms with van der Waals surface area (Å²) in [6.45, 7) is 6.18. The lowest BCUT2D eigenvalue weighted by Gasteiger charge is -2.07. The van der Waals surface area contributed by atoms with Gasteiger partial charge in [0.05, 0.1) is 11.4 Å². The number of rotatable bonds is 5. The number of benzene rings is 2. The highest BCUT2D eigenvalue weighted by molar-refractivity contribution is 7.71. The van der Waals surface area contributed by atoms with E-state index in [9.17, 15) is 5.11 Å². The van der Waals surface area contributed by atoms with E-state index in [2.05, 4.69) is 30.8 Å². The second kappa shape index (κ2) is 6.89. The Hall–Kier alpha value is -2.59. The molecule has 1 N–H and O–H groups in total. The van der Waals surface area contributed by atoms with Crippen LogP contribution in [0.2, 0.25) is 0 Å². The molecule has 0 aliphatic carbocycles. The standard InChI is InChI=1S/C20H20N2OS/c1-3-13-21-15(2)19(23)22(20(21)24)18-11-9-17(10-12-18)14-16-7-5-4-6-8-16/h3-12,23H,1,13-14H2,2H3. The largest absolute Gasteiger partial charge is 0.493 e. The minimum atomic E-state index is 0.178. The van der Waals surface area contributed by atoms with Crippen molar-refractivity contribution >= 4 is 12.2 Å². The Kier molecular flexibility index (Phi) is 4.67. The molecule has 3 rings (SSSR count). The van der Waals surface area contributed by atoms with Gasteiger partial charge < -0.3 is 9.67 Å². The summed E-state index contributed by atoms with van der Waals surface area (Å²) < 4.78 is 4.14. The van der Waals surface area contributed by atoms with Crippen molar-refractivity contribution in [1.82, 2.24) is 9.13 Å². The maximum atomic E-state index is 10.4. The van der Waals surface area contributed by atoms with Gasteiger partial charge in [0.25, 0.3) is 0 Å². The average Bonchev–Trinajstić information content (AvgIpc) is 2.81. The number of imidazole rings is 1. The fraction of sp³-hybridized carbons (Fsp3) is 0.150. The molecule has 0 saturated carbocycles. The molecule has 0 bridgehead atoms. The molecule has 1 aromatic heterocycles. The van der Waals surface area contributed by atoms with Crippen LogP contribution in [0.1, 0.15) is 16.8 Å². The van der Waals surface area contributed by atoms with Crippen LogP contribution in [0.5, 0.6) is 5.88 Å². The summed E-state index contributed by atoms with van der Waals surface area (Å²) in [5.41, 5.74) is 4.10. The van der Waals surface area contributed by atoms with E-state index < -0.39 is 0 Å². The first-order valence-electron chi connectivity index (χ1n) is 7.87. The highest BCUT2D eigenvalue weighted by Crippen LogP contribution is 2.25. The number of allylic oxidation sites excluding steroid dienone is 1. The Balaban J connectivity index is 1.93. The van der Waals surface area contributed by atoms with E-state index >= 15 is 0 Å². The summed E-state index contributed by atoms with van der Waals surface area (Å²) >= 11 is 5.50. The lowest BCUT2D eigenvalue weighted by Crippen LogP contribution is -1.99. The molecule has 0 saturated heterocycles. The summed E-state index contributed by atoms with van der Waals surface area (Å²) in [7, 11) is 0. The van der Waals surface area contributed by atoms with Crippen molar-refractivity contribution in [3.8, 4) is 11.6 Å². The van der Waals surface area contributed by atoms with Gasteiger partial charge in [0.15, 0.2) is 4.77 Å². The molecule has 0 unspecified atom stereocenters. The zero-order chi connectivity index (χ0) is 17.1. The second-order valence-corrected chi connectivity index (χ2v) is 6.12. The Labute approximate surface area is 147 Å². The molecule has 0 aliphatic rings. The molecule has 0 aliphatic heterocycles. The van der Waals surface area contributed by atoms with Crippen LogP contribution in [0, 0.1) is 11.7 Å². The maximum absolute atomic E-state index is 10.4. The van der Waals surface area contributed by atoms with E-state index in [0.29, 0.717) is 11.3 Å². The summed E-state index contributed by atoms with van der Waals surface area (Å²) in [5.74, 6) is 0.178. The van der Waals surface area contributed by atoms with Gasteiger partial charge in [0.2, 0.25) is 5.88 Å². The summed E-state index contributed by atoms with van der Waals surface area (Å²) in [5, 5.41) is 10.4. The Morgan fingerprint density at radius 1 is 1.04 bits per heavy atom. The zero-order valence-corrected chi connectivity index (χ0v) is 14.5. The van der Waals surface area contributed by atoms with Crippen molar-refractivity contribution in [2.75, 3.05) is 0 Å². The average molecular weight is 336 g/mol. The van der Waals surface area contributed by atoms with Gasteiger partial charge in [-0.1, -0.05) is 48.5 Å². The lowest BCUT2D eigenvalue weighted by atomic mass is 10.0. The molecule has 0 amide bonds. The Morgan fingerprint density at radius 3 is 2.29 bits per heavy atom. The molecular weight excluding hydrogens is 316 g/mol. The first kappa shape index (κ1) is 16.3. The molecule has 24 heavy (non-hydrogen) atoms. The van der Waals surface area contributed by atoms with E-state index in [1.807, 2.05) is 41.8 Å². The molecule has 0 fully saturated rings.